The van der Waals surface area contributed by atoms with Crippen LogP contribution in [-0.4, -0.2) is 37.1 Å². The van der Waals surface area contributed by atoms with Gasteiger partial charge in [0.2, 0.25) is 5.91 Å². The fraction of sp³-hybridized carbons (Fsp3) is 0.632. The number of rotatable bonds is 3. The molecule has 1 spiro atoms. The first kappa shape index (κ1) is 16.4. The fourth-order valence-electron chi connectivity index (χ4n) is 4.59. The lowest BCUT2D eigenvalue weighted by Crippen LogP contribution is -2.58. The van der Waals surface area contributed by atoms with Gasteiger partial charge in [-0.15, -0.1) is 0 Å². The second-order valence-corrected chi connectivity index (χ2v) is 7.73. The Morgan fingerprint density at radius 2 is 2.16 bits per heavy atom. The van der Waals surface area contributed by atoms with Gasteiger partial charge in [0, 0.05) is 37.3 Å². The first-order valence-corrected chi connectivity index (χ1v) is 9.27. The monoisotopic (exact) mass is 341 g/mol. The lowest BCUT2D eigenvalue weighted by molar-refractivity contribution is -0.148. The van der Waals surface area contributed by atoms with Crippen LogP contribution < -0.4 is 0 Å². The summed E-state index contributed by atoms with van der Waals surface area (Å²) in [4.78, 5) is 23.3. The highest BCUT2D eigenvalue weighted by Gasteiger charge is 2.51. The molecule has 2 aromatic heterocycles. The lowest BCUT2D eigenvalue weighted by atomic mass is 9.70. The van der Waals surface area contributed by atoms with E-state index in [1.54, 1.807) is 6.33 Å². The summed E-state index contributed by atoms with van der Waals surface area (Å²) in [6, 6.07) is 0. The molecule has 6 nitrogen and oxygen atoms in total. The molecule has 0 aromatic carbocycles. The van der Waals surface area contributed by atoms with Crippen molar-refractivity contribution in [2.45, 2.75) is 58.4 Å². The van der Waals surface area contributed by atoms with Gasteiger partial charge in [-0.2, -0.15) is 5.10 Å². The maximum atomic E-state index is 13.3. The van der Waals surface area contributed by atoms with Crippen molar-refractivity contribution in [1.29, 1.82) is 0 Å². The molecule has 1 atom stereocenters. The molecule has 0 bridgehead atoms. The van der Waals surface area contributed by atoms with E-state index in [1.165, 1.54) is 17.7 Å². The smallest absolute Gasteiger partial charge is 0.226 e. The van der Waals surface area contributed by atoms with Crippen molar-refractivity contribution in [1.82, 2.24) is 24.6 Å². The number of fused-ring (bicyclic) bond motifs is 2. The molecule has 0 saturated heterocycles. The molecule has 6 heteroatoms. The highest BCUT2D eigenvalue weighted by Crippen LogP contribution is 2.49. The van der Waals surface area contributed by atoms with Crippen LogP contribution in [0.1, 0.15) is 54.5 Å². The Kier molecular flexibility index (Phi) is 3.74. The molecular weight excluding hydrogens is 314 g/mol. The van der Waals surface area contributed by atoms with Crippen LogP contribution in [0.2, 0.25) is 0 Å². The number of nitrogens with one attached hydrogen (secondary N) is 1. The normalized spacial score (nSPS) is 19.6. The van der Waals surface area contributed by atoms with Crippen molar-refractivity contribution in [2.75, 3.05) is 6.54 Å². The topological polar surface area (TPSA) is 66.8 Å². The number of aromatic nitrogens is 4. The van der Waals surface area contributed by atoms with E-state index in [2.05, 4.69) is 33.8 Å². The van der Waals surface area contributed by atoms with E-state index in [4.69, 9.17) is 0 Å². The Labute approximate surface area is 148 Å². The molecular formula is C19H27N5O. The summed E-state index contributed by atoms with van der Waals surface area (Å²) in [6.07, 6.45) is 6.66. The molecule has 1 amide bonds. The van der Waals surface area contributed by atoms with Gasteiger partial charge in [-0.25, -0.2) is 4.98 Å². The SMILES string of the molecule is Cc1nn(C)c(C)c1C[C@H](C)C(=O)N1CCc2[nH]cnc2C12CCC2. The first-order valence-electron chi connectivity index (χ1n) is 9.27. The maximum Gasteiger partial charge on any atom is 0.226 e. The Morgan fingerprint density at radius 1 is 1.40 bits per heavy atom. The average molecular weight is 341 g/mol. The van der Waals surface area contributed by atoms with E-state index in [1.807, 2.05) is 18.7 Å². The molecule has 134 valence electrons. The van der Waals surface area contributed by atoms with Crippen LogP contribution >= 0.6 is 0 Å². The number of amides is 1. The number of H-pyrrole nitrogens is 1. The van der Waals surface area contributed by atoms with E-state index in [0.717, 1.165) is 49.3 Å². The molecule has 1 aliphatic heterocycles. The van der Waals surface area contributed by atoms with Gasteiger partial charge in [0.05, 0.1) is 23.3 Å². The van der Waals surface area contributed by atoms with Gasteiger partial charge in [-0.05, 0) is 45.1 Å². The summed E-state index contributed by atoms with van der Waals surface area (Å²) in [5.41, 5.74) is 5.57. The minimum Gasteiger partial charge on any atom is -0.348 e. The highest BCUT2D eigenvalue weighted by atomic mass is 16.2. The number of carbonyl (C=O) groups is 1. The highest BCUT2D eigenvalue weighted by molar-refractivity contribution is 5.80. The molecule has 2 aromatic rings. The first-order chi connectivity index (χ1) is 11.9. The number of hydrogen-bond acceptors (Lipinski definition) is 3. The molecule has 1 aliphatic carbocycles. The van der Waals surface area contributed by atoms with Crippen LogP contribution in [0.25, 0.3) is 0 Å². The minimum absolute atomic E-state index is 0.0421. The number of aromatic amines is 1. The van der Waals surface area contributed by atoms with Gasteiger partial charge in [0.25, 0.3) is 0 Å². The maximum absolute atomic E-state index is 13.3. The van der Waals surface area contributed by atoms with Crippen LogP contribution in [0.5, 0.6) is 0 Å². The van der Waals surface area contributed by atoms with Crippen LogP contribution in [0.15, 0.2) is 6.33 Å². The zero-order valence-corrected chi connectivity index (χ0v) is 15.6. The van der Waals surface area contributed by atoms with E-state index in [9.17, 15) is 4.79 Å². The Bertz CT molecular complexity index is 814. The predicted molar refractivity (Wildman–Crippen MR) is 95.1 cm³/mol. The molecule has 1 N–H and O–H groups in total. The minimum atomic E-state index is -0.155. The van der Waals surface area contributed by atoms with Gasteiger partial charge >= 0.3 is 0 Å². The lowest BCUT2D eigenvalue weighted by Gasteiger charge is -2.52. The Hall–Kier alpha value is -2.11. The van der Waals surface area contributed by atoms with Gasteiger partial charge in [0.15, 0.2) is 0 Å². The van der Waals surface area contributed by atoms with Crippen molar-refractivity contribution >= 4 is 5.91 Å². The second-order valence-electron chi connectivity index (χ2n) is 7.73. The number of carbonyl (C=O) groups excluding carboxylic acids is 1. The summed E-state index contributed by atoms with van der Waals surface area (Å²) >= 11 is 0. The molecule has 1 saturated carbocycles. The summed E-state index contributed by atoms with van der Waals surface area (Å²) in [7, 11) is 1.96. The third kappa shape index (κ3) is 2.34. The second kappa shape index (κ2) is 5.71. The third-order valence-corrected chi connectivity index (χ3v) is 6.30. The predicted octanol–water partition coefficient (Wildman–Crippen LogP) is 2.40. The molecule has 1 fully saturated rings. The standard InChI is InChI=1S/C19H27N5O/c1-12(10-15-13(2)22-23(4)14(15)3)18(25)24-9-6-16-17(21-11-20-16)19(24)7-5-8-19/h11-12H,5-10H2,1-4H3,(H,20,21)/t12-/m0/s1. The van der Waals surface area contributed by atoms with Crippen LogP contribution in [0.4, 0.5) is 0 Å². The quantitative estimate of drug-likeness (QED) is 0.932. The summed E-state index contributed by atoms with van der Waals surface area (Å²) in [6.45, 7) is 6.96. The van der Waals surface area contributed by atoms with Crippen molar-refractivity contribution in [3.63, 3.8) is 0 Å². The number of hydrogen-bond donors (Lipinski definition) is 1. The zero-order valence-electron chi connectivity index (χ0n) is 15.6. The molecule has 2 aliphatic rings. The number of aryl methyl sites for hydroxylation is 2. The molecule has 4 rings (SSSR count). The van der Waals surface area contributed by atoms with Crippen molar-refractivity contribution in [3.8, 4) is 0 Å². The molecule has 3 heterocycles. The van der Waals surface area contributed by atoms with Gasteiger partial charge in [0.1, 0.15) is 0 Å². The largest absolute Gasteiger partial charge is 0.348 e. The van der Waals surface area contributed by atoms with Crippen molar-refractivity contribution in [2.24, 2.45) is 13.0 Å². The van der Waals surface area contributed by atoms with Crippen LogP contribution in [0.3, 0.4) is 0 Å². The van der Waals surface area contributed by atoms with Gasteiger partial charge < -0.3 is 9.88 Å². The Morgan fingerprint density at radius 3 is 2.76 bits per heavy atom. The number of imidazole rings is 1. The van der Waals surface area contributed by atoms with Crippen LogP contribution in [0, 0.1) is 19.8 Å². The van der Waals surface area contributed by atoms with Gasteiger partial charge in [-0.1, -0.05) is 6.92 Å². The van der Waals surface area contributed by atoms with E-state index in [-0.39, 0.29) is 17.4 Å². The summed E-state index contributed by atoms with van der Waals surface area (Å²) < 4.78 is 1.91. The van der Waals surface area contributed by atoms with E-state index in [0.29, 0.717) is 0 Å². The molecule has 25 heavy (non-hydrogen) atoms. The molecule has 0 radical (unpaired) electrons. The Balaban J connectivity index is 1.58. The third-order valence-electron chi connectivity index (χ3n) is 6.30. The van der Waals surface area contributed by atoms with Crippen LogP contribution in [-0.2, 0) is 30.2 Å². The summed E-state index contributed by atoms with van der Waals surface area (Å²) in [5.74, 6) is 0.218. The zero-order chi connectivity index (χ0) is 17.8. The van der Waals surface area contributed by atoms with E-state index < -0.39 is 0 Å². The summed E-state index contributed by atoms with van der Waals surface area (Å²) in [5, 5.41) is 4.49. The fourth-order valence-corrected chi connectivity index (χ4v) is 4.59. The van der Waals surface area contributed by atoms with Gasteiger partial charge in [-0.3, -0.25) is 9.48 Å². The average Bonchev–Trinajstić information content (AvgIpc) is 3.12. The van der Waals surface area contributed by atoms with Crippen molar-refractivity contribution < 1.29 is 4.79 Å². The molecule has 0 unspecified atom stereocenters. The van der Waals surface area contributed by atoms with E-state index >= 15 is 0 Å². The van der Waals surface area contributed by atoms with Crippen molar-refractivity contribution in [3.05, 3.63) is 34.7 Å². The number of nitrogens with zero attached hydrogens (tertiary/aromatic N) is 4.